The van der Waals surface area contributed by atoms with Gasteiger partial charge < -0.3 is 25.4 Å². The third-order valence-electron chi connectivity index (χ3n) is 7.03. The SMILES string of the molecule is C=C(NCCC)C(CCC)N(C=O)CCC.CC.CC.CCN(CC)c1ccc(N)c(-c2nc3cc(C)ccc3n2C)c1. The van der Waals surface area contributed by atoms with Crippen LogP contribution in [0.3, 0.4) is 0 Å². The number of nitrogen functional groups attached to an aromatic ring is 1. The van der Waals surface area contributed by atoms with E-state index in [1.54, 1.807) is 0 Å². The smallest absolute Gasteiger partial charge is 0.210 e. The van der Waals surface area contributed by atoms with E-state index in [0.717, 1.165) is 92.1 Å². The minimum absolute atomic E-state index is 0.147. The van der Waals surface area contributed by atoms with Crippen molar-refractivity contribution in [2.24, 2.45) is 7.05 Å². The largest absolute Gasteiger partial charge is 0.398 e. The molecule has 0 aliphatic heterocycles. The van der Waals surface area contributed by atoms with E-state index in [0.29, 0.717) is 0 Å². The Morgan fingerprint density at radius 3 is 2.19 bits per heavy atom. The maximum absolute atomic E-state index is 11.0. The molecule has 3 aromatic rings. The number of imidazole rings is 1. The molecule has 0 aliphatic carbocycles. The first-order chi connectivity index (χ1) is 20.8. The van der Waals surface area contributed by atoms with E-state index in [2.05, 4.69) is 93.2 Å². The van der Waals surface area contributed by atoms with Crippen molar-refractivity contribution in [1.29, 1.82) is 0 Å². The molecule has 242 valence electrons. The number of hydrogen-bond donors (Lipinski definition) is 2. The van der Waals surface area contributed by atoms with Gasteiger partial charge in [-0.2, -0.15) is 0 Å². The summed E-state index contributed by atoms with van der Waals surface area (Å²) >= 11 is 0. The quantitative estimate of drug-likeness (QED) is 0.144. The van der Waals surface area contributed by atoms with Crippen LogP contribution in [0, 0.1) is 6.92 Å². The zero-order chi connectivity index (χ0) is 32.9. The number of aromatic nitrogens is 2. The average Bonchev–Trinajstić information content (AvgIpc) is 3.36. The van der Waals surface area contributed by atoms with Gasteiger partial charge in [0.2, 0.25) is 6.41 Å². The second-order valence-electron chi connectivity index (χ2n) is 10.0. The standard InChI is InChI=1S/C19H24N4.C13H26N2O.2C2H6/c1-5-23(6-2)14-8-9-16(20)15(12-14)19-21-17-11-13(3)7-10-18(17)22(19)4;1-5-8-13(12(4)14-9-6-2)15(11-16)10-7-3;2*1-2/h7-12H,5-6,20H2,1-4H3;11,13-14H,4-10H2,1-3H3;2*1-2H3. The van der Waals surface area contributed by atoms with Crippen molar-refractivity contribution in [2.45, 2.75) is 101 Å². The van der Waals surface area contributed by atoms with Crippen molar-refractivity contribution in [2.75, 3.05) is 36.8 Å². The Labute approximate surface area is 263 Å². The molecule has 0 radical (unpaired) electrons. The number of hydrogen-bond acceptors (Lipinski definition) is 5. The Morgan fingerprint density at radius 1 is 1.00 bits per heavy atom. The Morgan fingerprint density at radius 2 is 1.65 bits per heavy atom. The van der Waals surface area contributed by atoms with Gasteiger partial charge >= 0.3 is 0 Å². The fourth-order valence-corrected chi connectivity index (χ4v) is 4.83. The van der Waals surface area contributed by atoms with E-state index in [-0.39, 0.29) is 6.04 Å². The molecule has 0 bridgehead atoms. The molecule has 3 rings (SSSR count). The van der Waals surface area contributed by atoms with Gasteiger partial charge in [-0.3, -0.25) is 4.79 Å². The Kier molecular flexibility index (Phi) is 20.3. The zero-order valence-corrected chi connectivity index (χ0v) is 29.3. The van der Waals surface area contributed by atoms with Crippen LogP contribution in [-0.2, 0) is 11.8 Å². The van der Waals surface area contributed by atoms with Gasteiger partial charge in [0.15, 0.2) is 0 Å². The van der Waals surface area contributed by atoms with E-state index in [1.165, 1.54) is 11.3 Å². The number of fused-ring (bicyclic) bond motifs is 1. The highest BCUT2D eigenvalue weighted by molar-refractivity contribution is 5.85. The molecule has 1 amide bonds. The molecule has 43 heavy (non-hydrogen) atoms. The number of benzene rings is 2. The maximum atomic E-state index is 11.0. The third-order valence-corrected chi connectivity index (χ3v) is 7.03. The van der Waals surface area contributed by atoms with Crippen molar-refractivity contribution >= 4 is 28.8 Å². The van der Waals surface area contributed by atoms with Gasteiger partial charge in [-0.15, -0.1) is 0 Å². The normalized spacial score (nSPS) is 10.7. The minimum atomic E-state index is 0.147. The number of nitrogens with zero attached hydrogens (tertiary/aromatic N) is 4. The van der Waals surface area contributed by atoms with Gasteiger partial charge in [0.05, 0.1) is 17.1 Å². The molecule has 0 aliphatic rings. The van der Waals surface area contributed by atoms with Crippen molar-refractivity contribution < 1.29 is 4.79 Å². The van der Waals surface area contributed by atoms with Crippen LogP contribution >= 0.6 is 0 Å². The lowest BCUT2D eigenvalue weighted by molar-refractivity contribution is -0.119. The van der Waals surface area contributed by atoms with Gasteiger partial charge in [0.1, 0.15) is 5.82 Å². The number of rotatable bonds is 14. The van der Waals surface area contributed by atoms with Crippen LogP contribution in [0.4, 0.5) is 11.4 Å². The van der Waals surface area contributed by atoms with Crippen LogP contribution < -0.4 is 16.0 Å². The van der Waals surface area contributed by atoms with Gasteiger partial charge in [-0.1, -0.05) is 67.5 Å². The first-order valence-electron chi connectivity index (χ1n) is 16.5. The van der Waals surface area contributed by atoms with E-state index in [1.807, 2.05) is 45.7 Å². The summed E-state index contributed by atoms with van der Waals surface area (Å²) in [5, 5.41) is 3.30. The summed E-state index contributed by atoms with van der Waals surface area (Å²) in [5.41, 5.74) is 13.5. The summed E-state index contributed by atoms with van der Waals surface area (Å²) in [6, 6.07) is 12.7. The Bertz CT molecular complexity index is 1200. The average molecular weight is 595 g/mol. The topological polar surface area (TPSA) is 79.4 Å². The molecule has 0 saturated heterocycles. The van der Waals surface area contributed by atoms with Gasteiger partial charge in [-0.05, 0) is 75.9 Å². The molecule has 7 heteroatoms. The maximum Gasteiger partial charge on any atom is 0.210 e. The zero-order valence-electron chi connectivity index (χ0n) is 29.3. The number of nitrogens with two attached hydrogens (primary N) is 1. The first kappa shape index (κ1) is 39.5. The summed E-state index contributed by atoms with van der Waals surface area (Å²) < 4.78 is 2.12. The van der Waals surface area contributed by atoms with Crippen LogP contribution in [0.5, 0.6) is 0 Å². The molecule has 7 nitrogen and oxygen atoms in total. The number of carbonyl (C=O) groups excluding carboxylic acids is 1. The molecular formula is C36H62N6O. The van der Waals surface area contributed by atoms with Crippen molar-refractivity contribution in [3.8, 4) is 11.4 Å². The molecule has 2 aromatic carbocycles. The molecule has 0 spiro atoms. The lowest BCUT2D eigenvalue weighted by Crippen LogP contribution is -2.40. The third kappa shape index (κ3) is 11.6. The number of nitrogens with one attached hydrogen (secondary N) is 1. The summed E-state index contributed by atoms with van der Waals surface area (Å²) in [6.45, 7) is 28.5. The number of aryl methyl sites for hydroxylation is 2. The van der Waals surface area contributed by atoms with Gasteiger partial charge in [0.25, 0.3) is 0 Å². The summed E-state index contributed by atoms with van der Waals surface area (Å²) in [7, 11) is 2.05. The molecule has 1 atom stereocenters. The van der Waals surface area contributed by atoms with Crippen molar-refractivity contribution in [3.05, 3.63) is 54.2 Å². The minimum Gasteiger partial charge on any atom is -0.398 e. The Balaban J connectivity index is 0.000000779. The molecule has 1 aromatic heterocycles. The predicted molar refractivity (Wildman–Crippen MR) is 191 cm³/mol. The first-order valence-corrected chi connectivity index (χ1v) is 16.5. The van der Waals surface area contributed by atoms with E-state index in [9.17, 15) is 4.79 Å². The van der Waals surface area contributed by atoms with Crippen LogP contribution in [0.1, 0.15) is 93.6 Å². The molecule has 1 heterocycles. The molecule has 0 fully saturated rings. The van der Waals surface area contributed by atoms with Crippen LogP contribution in [0.2, 0.25) is 0 Å². The second kappa shape index (κ2) is 22.1. The highest BCUT2D eigenvalue weighted by Gasteiger charge is 2.18. The Hall–Kier alpha value is -3.48. The lowest BCUT2D eigenvalue weighted by Gasteiger charge is -2.30. The number of anilines is 2. The number of amides is 1. The van der Waals surface area contributed by atoms with Crippen molar-refractivity contribution in [3.63, 3.8) is 0 Å². The van der Waals surface area contributed by atoms with Crippen LogP contribution in [0.15, 0.2) is 48.7 Å². The number of carbonyl (C=O) groups is 1. The summed E-state index contributed by atoms with van der Waals surface area (Å²) in [6.07, 6.45) is 5.05. The highest BCUT2D eigenvalue weighted by atomic mass is 16.1. The van der Waals surface area contributed by atoms with Crippen LogP contribution in [-0.4, -0.2) is 53.1 Å². The molecule has 0 saturated carbocycles. The molecular weight excluding hydrogens is 532 g/mol. The fourth-order valence-electron chi connectivity index (χ4n) is 4.83. The highest BCUT2D eigenvalue weighted by Crippen LogP contribution is 2.32. The summed E-state index contributed by atoms with van der Waals surface area (Å²) in [4.78, 5) is 20.0. The van der Waals surface area contributed by atoms with Gasteiger partial charge in [0, 0.05) is 55.9 Å². The van der Waals surface area contributed by atoms with E-state index >= 15 is 0 Å². The summed E-state index contributed by atoms with van der Waals surface area (Å²) in [5.74, 6) is 0.914. The van der Waals surface area contributed by atoms with Crippen LogP contribution in [0.25, 0.3) is 22.4 Å². The second-order valence-corrected chi connectivity index (χ2v) is 10.0. The lowest BCUT2D eigenvalue weighted by atomic mass is 10.1. The molecule has 1 unspecified atom stereocenters. The fraction of sp³-hybridized carbons (Fsp3) is 0.556. The molecule has 3 N–H and O–H groups in total. The monoisotopic (exact) mass is 594 g/mol. The van der Waals surface area contributed by atoms with E-state index < -0.39 is 0 Å². The predicted octanol–water partition coefficient (Wildman–Crippen LogP) is 8.57. The van der Waals surface area contributed by atoms with Crippen molar-refractivity contribution in [1.82, 2.24) is 19.8 Å². The van der Waals surface area contributed by atoms with Gasteiger partial charge in [-0.25, -0.2) is 4.98 Å². The van der Waals surface area contributed by atoms with E-state index in [4.69, 9.17) is 10.7 Å².